The molecule has 0 aliphatic carbocycles. The maximum absolute atomic E-state index is 8.93. The van der Waals surface area contributed by atoms with Crippen LogP contribution in [0.1, 0.15) is 5.82 Å². The fourth-order valence-electron chi connectivity index (χ4n) is 1.57. The Balaban J connectivity index is 2.47. The van der Waals surface area contributed by atoms with E-state index in [-0.39, 0.29) is 6.61 Å². The van der Waals surface area contributed by atoms with E-state index in [9.17, 15) is 0 Å². The number of aliphatic hydroxyl groups excluding tert-OH is 1. The van der Waals surface area contributed by atoms with E-state index in [4.69, 9.17) is 17.9 Å². The van der Waals surface area contributed by atoms with E-state index in [2.05, 4.69) is 5.21 Å². The van der Waals surface area contributed by atoms with Crippen molar-refractivity contribution in [2.45, 2.75) is 13.5 Å². The maximum Gasteiger partial charge on any atom is 0.342 e. The molecule has 16 heavy (non-hydrogen) atoms. The van der Waals surface area contributed by atoms with E-state index in [1.165, 1.54) is 4.20 Å². The first-order valence-corrected chi connectivity index (χ1v) is 5.36. The molecule has 0 atom stereocenters. The minimum atomic E-state index is 0.0443. The van der Waals surface area contributed by atoms with Crippen molar-refractivity contribution in [1.82, 2.24) is 9.90 Å². The molecule has 0 amide bonds. The Kier molecular flexibility index (Phi) is 3.12. The molecule has 0 saturated heterocycles. The molecule has 0 radical (unpaired) electrons. The summed E-state index contributed by atoms with van der Waals surface area (Å²) < 4.78 is 4.81. The summed E-state index contributed by atoms with van der Waals surface area (Å²) in [6.07, 6.45) is 0. The molecule has 5 nitrogen and oxygen atoms in total. The lowest BCUT2D eigenvalue weighted by Gasteiger charge is -1.94. The highest BCUT2D eigenvalue weighted by molar-refractivity contribution is 7.50. The lowest BCUT2D eigenvalue weighted by Crippen LogP contribution is -2.45. The number of hydrogen-bond donors (Lipinski definition) is 1. The molecule has 1 heterocycles. The van der Waals surface area contributed by atoms with Crippen LogP contribution >= 0.6 is 0 Å². The van der Waals surface area contributed by atoms with Gasteiger partial charge in [-0.2, -0.15) is 0 Å². The van der Waals surface area contributed by atoms with Gasteiger partial charge in [0.25, 0.3) is 5.21 Å². The number of benzene rings is 1. The lowest BCUT2D eigenvalue weighted by molar-refractivity contribution is -0.789. The van der Waals surface area contributed by atoms with Gasteiger partial charge in [0.15, 0.2) is 0 Å². The van der Waals surface area contributed by atoms with Gasteiger partial charge in [-0.05, 0) is 4.20 Å². The first kappa shape index (κ1) is 11.0. The Hall–Kier alpha value is -1.53. The lowest BCUT2D eigenvalue weighted by atomic mass is 10.3. The largest absolute Gasteiger partial charge is 0.394 e. The monoisotopic (exact) mass is 237 g/mol. The van der Waals surface area contributed by atoms with Crippen molar-refractivity contribution in [3.63, 3.8) is 0 Å². The van der Waals surface area contributed by atoms with Crippen molar-refractivity contribution in [1.29, 1.82) is 0 Å². The number of rotatable bonds is 3. The molecule has 1 aromatic heterocycles. The van der Waals surface area contributed by atoms with Gasteiger partial charge in [-0.1, -0.05) is 22.9 Å². The average molecular weight is 237 g/mol. The van der Waals surface area contributed by atoms with Gasteiger partial charge in [-0.25, -0.2) is 0 Å². The molecule has 1 N–H and O–H groups in total. The van der Waals surface area contributed by atoms with Crippen LogP contribution in [0.2, 0.25) is 0 Å². The molecule has 0 saturated carbocycles. The number of para-hydroxylation sites is 1. The standard InChI is InChI=1S/C10H13N4OS/c1-9-12(7-8-15)14(16)11-13(9)10-5-3-2-4-6-10/h2-6,15H,7-8H2,1H3/q+1. The van der Waals surface area contributed by atoms with E-state index in [1.807, 2.05) is 37.3 Å². The van der Waals surface area contributed by atoms with E-state index in [0.717, 1.165) is 11.5 Å². The number of tetrazole rings is 1. The van der Waals surface area contributed by atoms with Crippen LogP contribution < -0.4 is 8.88 Å². The Bertz CT molecular complexity index is 483. The zero-order chi connectivity index (χ0) is 11.5. The van der Waals surface area contributed by atoms with Crippen LogP contribution in [-0.2, 0) is 19.4 Å². The van der Waals surface area contributed by atoms with Crippen LogP contribution in [0.25, 0.3) is 5.69 Å². The molecule has 2 rings (SSSR count). The van der Waals surface area contributed by atoms with Crippen molar-refractivity contribution >= 4 is 12.8 Å². The van der Waals surface area contributed by atoms with Crippen molar-refractivity contribution in [2.24, 2.45) is 0 Å². The molecule has 0 spiro atoms. The molecule has 2 aromatic rings. The summed E-state index contributed by atoms with van der Waals surface area (Å²) in [5.74, 6) is 0.884. The van der Waals surface area contributed by atoms with Crippen LogP contribution in [0.15, 0.2) is 30.3 Å². The SMILES string of the molecule is Cc1n(CCO)[n+]([S-])n[n+]1-c1ccccc1. The summed E-state index contributed by atoms with van der Waals surface area (Å²) in [5, 5.41) is 13.1. The van der Waals surface area contributed by atoms with Crippen molar-refractivity contribution in [3.05, 3.63) is 36.2 Å². The van der Waals surface area contributed by atoms with Gasteiger partial charge >= 0.3 is 5.82 Å². The smallest absolute Gasteiger partial charge is 0.342 e. The van der Waals surface area contributed by atoms with Gasteiger partial charge in [0.05, 0.1) is 6.61 Å². The van der Waals surface area contributed by atoms with Gasteiger partial charge < -0.3 is 17.9 Å². The molecule has 6 heteroatoms. The molecule has 84 valence electrons. The quantitative estimate of drug-likeness (QED) is 0.553. The minimum Gasteiger partial charge on any atom is -0.394 e. The van der Waals surface area contributed by atoms with Gasteiger partial charge in [-0.3, -0.25) is 0 Å². The van der Waals surface area contributed by atoms with Crippen molar-refractivity contribution in [2.75, 3.05) is 6.61 Å². The van der Waals surface area contributed by atoms with E-state index in [1.54, 1.807) is 9.36 Å². The molecular weight excluding hydrogens is 224 g/mol. The fraction of sp³-hybridized carbons (Fsp3) is 0.300. The number of aromatic nitrogens is 4. The summed E-state index contributed by atoms with van der Waals surface area (Å²) in [6, 6.07) is 9.75. The first-order chi connectivity index (χ1) is 7.74. The zero-order valence-electron chi connectivity index (χ0n) is 8.95. The van der Waals surface area contributed by atoms with Crippen molar-refractivity contribution in [3.8, 4) is 5.69 Å². The van der Waals surface area contributed by atoms with E-state index >= 15 is 0 Å². The molecule has 0 bridgehead atoms. The maximum atomic E-state index is 8.93. The summed E-state index contributed by atoms with van der Waals surface area (Å²) >= 11 is 5.06. The Morgan fingerprint density at radius 3 is 2.69 bits per heavy atom. The van der Waals surface area contributed by atoms with Crippen LogP contribution in [0.5, 0.6) is 0 Å². The molecule has 0 aliphatic heterocycles. The predicted octanol–water partition coefficient (Wildman–Crippen LogP) is -0.942. The Morgan fingerprint density at radius 2 is 2.06 bits per heavy atom. The van der Waals surface area contributed by atoms with E-state index < -0.39 is 0 Å². The highest BCUT2D eigenvalue weighted by Crippen LogP contribution is 1.97. The van der Waals surface area contributed by atoms with Crippen LogP contribution in [-0.4, -0.2) is 21.6 Å². The first-order valence-electron chi connectivity index (χ1n) is 5.00. The topological polar surface area (TPSA) is 45.8 Å². The summed E-state index contributed by atoms with van der Waals surface area (Å²) in [5.41, 5.74) is 0.954. The molecular formula is C10H13N4OS+. The third kappa shape index (κ3) is 1.89. The highest BCUT2D eigenvalue weighted by atomic mass is 32.1. The summed E-state index contributed by atoms with van der Waals surface area (Å²) in [4.78, 5) is 0. The second kappa shape index (κ2) is 4.54. The predicted molar refractivity (Wildman–Crippen MR) is 58.5 cm³/mol. The molecule has 0 unspecified atom stereocenters. The number of hydrogen-bond acceptors (Lipinski definition) is 3. The van der Waals surface area contributed by atoms with Crippen LogP contribution in [0.4, 0.5) is 0 Å². The third-order valence-corrected chi connectivity index (χ3v) is 2.64. The molecule has 1 aromatic carbocycles. The third-order valence-electron chi connectivity index (χ3n) is 2.37. The number of nitrogens with zero attached hydrogens (tertiary/aromatic N) is 4. The number of aliphatic hydroxyl groups is 1. The van der Waals surface area contributed by atoms with Gasteiger partial charge in [0, 0.05) is 23.7 Å². The second-order valence-electron chi connectivity index (χ2n) is 3.38. The van der Waals surface area contributed by atoms with E-state index in [0.29, 0.717) is 6.54 Å². The van der Waals surface area contributed by atoms with Crippen LogP contribution in [0, 0.1) is 6.92 Å². The van der Waals surface area contributed by atoms with Gasteiger partial charge in [0.1, 0.15) is 6.54 Å². The molecule has 0 fully saturated rings. The normalized spacial score (nSPS) is 10.6. The summed E-state index contributed by atoms with van der Waals surface area (Å²) in [6.45, 7) is 2.41. The molecule has 0 aliphatic rings. The Morgan fingerprint density at radius 1 is 1.38 bits per heavy atom. The second-order valence-corrected chi connectivity index (χ2v) is 3.71. The van der Waals surface area contributed by atoms with Gasteiger partial charge in [-0.15, -0.1) is 0 Å². The van der Waals surface area contributed by atoms with Gasteiger partial charge in [0.2, 0.25) is 5.69 Å². The average Bonchev–Trinajstić information content (AvgIpc) is 2.59. The summed E-state index contributed by atoms with van der Waals surface area (Å²) in [7, 11) is 0. The zero-order valence-corrected chi connectivity index (χ0v) is 9.76. The highest BCUT2D eigenvalue weighted by Gasteiger charge is 2.24. The Labute approximate surface area is 99.1 Å². The van der Waals surface area contributed by atoms with Crippen LogP contribution in [0.3, 0.4) is 0 Å². The minimum absolute atomic E-state index is 0.0443. The fourth-order valence-corrected chi connectivity index (χ4v) is 1.85. The van der Waals surface area contributed by atoms with Crippen molar-refractivity contribution < 1.29 is 14.0 Å².